The van der Waals surface area contributed by atoms with E-state index in [2.05, 4.69) is 10.3 Å². The Morgan fingerprint density at radius 1 is 1.17 bits per heavy atom. The van der Waals surface area contributed by atoms with Crippen molar-refractivity contribution in [2.75, 3.05) is 13.7 Å². The van der Waals surface area contributed by atoms with Crippen LogP contribution < -0.4 is 5.32 Å². The monoisotopic (exact) mass is 323 g/mol. The number of nitrogens with zero attached hydrogens (tertiary/aromatic N) is 2. The molecule has 0 bridgehead atoms. The minimum Gasteiger partial charge on any atom is -0.375 e. The number of carbonyl (C=O) groups excluding carboxylic acids is 1. The number of fused-ring (bicyclic) bond motifs is 1. The van der Waals surface area contributed by atoms with E-state index in [9.17, 15) is 4.79 Å². The van der Waals surface area contributed by atoms with Crippen LogP contribution in [-0.4, -0.2) is 29.1 Å². The number of methoxy groups -OCH3 is 1. The average Bonchev–Trinajstić information content (AvgIpc) is 2.92. The molecule has 1 N–H and O–H groups in total. The highest BCUT2D eigenvalue weighted by Crippen LogP contribution is 2.16. The van der Waals surface area contributed by atoms with E-state index in [1.807, 2.05) is 66.1 Å². The molecule has 124 valence electrons. The number of para-hydroxylation sites is 2. The maximum Gasteiger partial charge on any atom is 0.240 e. The Kier molecular flexibility index (Phi) is 4.91. The first kappa shape index (κ1) is 16.2. The Labute approximate surface area is 141 Å². The van der Waals surface area contributed by atoms with Gasteiger partial charge in [0.1, 0.15) is 12.4 Å². The Morgan fingerprint density at radius 2 is 1.88 bits per heavy atom. The fourth-order valence-corrected chi connectivity index (χ4v) is 2.81. The zero-order valence-corrected chi connectivity index (χ0v) is 13.9. The molecule has 1 amide bonds. The molecule has 0 aliphatic carbocycles. The summed E-state index contributed by atoms with van der Waals surface area (Å²) in [6.45, 7) is 2.60. The zero-order valence-electron chi connectivity index (χ0n) is 13.9. The van der Waals surface area contributed by atoms with E-state index in [0.717, 1.165) is 22.4 Å². The largest absolute Gasteiger partial charge is 0.375 e. The number of benzene rings is 2. The van der Waals surface area contributed by atoms with Gasteiger partial charge in [0.05, 0.1) is 17.1 Å². The van der Waals surface area contributed by atoms with Gasteiger partial charge in [-0.05, 0) is 24.6 Å². The summed E-state index contributed by atoms with van der Waals surface area (Å²) in [7, 11) is 1.65. The maximum atomic E-state index is 12.3. The molecule has 3 rings (SSSR count). The van der Waals surface area contributed by atoms with E-state index in [-0.39, 0.29) is 18.6 Å². The molecular formula is C19H21N3O2. The summed E-state index contributed by atoms with van der Waals surface area (Å²) < 4.78 is 7.41. The van der Waals surface area contributed by atoms with Gasteiger partial charge in [0.15, 0.2) is 0 Å². The number of nitrogens with one attached hydrogen (secondary N) is 1. The highest BCUT2D eigenvalue weighted by atomic mass is 16.5. The Morgan fingerprint density at radius 3 is 2.62 bits per heavy atom. The van der Waals surface area contributed by atoms with Gasteiger partial charge in [0, 0.05) is 13.7 Å². The highest BCUT2D eigenvalue weighted by molar-refractivity contribution is 5.81. The summed E-state index contributed by atoms with van der Waals surface area (Å²) in [6.07, 6.45) is -0.157. The summed E-state index contributed by atoms with van der Waals surface area (Å²) in [5.41, 5.74) is 2.92. The van der Waals surface area contributed by atoms with Gasteiger partial charge in [-0.1, -0.05) is 42.5 Å². The number of hydrogen-bond donors (Lipinski definition) is 1. The lowest BCUT2D eigenvalue weighted by molar-refractivity contribution is -0.122. The third-order valence-electron chi connectivity index (χ3n) is 4.09. The summed E-state index contributed by atoms with van der Waals surface area (Å²) in [5.74, 6) is 0.775. The van der Waals surface area contributed by atoms with Gasteiger partial charge in [0.25, 0.3) is 0 Å². The molecular weight excluding hydrogens is 302 g/mol. The van der Waals surface area contributed by atoms with Crippen LogP contribution in [0.25, 0.3) is 11.0 Å². The van der Waals surface area contributed by atoms with Crippen LogP contribution in [0.5, 0.6) is 0 Å². The van der Waals surface area contributed by atoms with E-state index < -0.39 is 0 Å². The van der Waals surface area contributed by atoms with Gasteiger partial charge in [-0.25, -0.2) is 4.98 Å². The molecule has 0 saturated carbocycles. The molecule has 0 radical (unpaired) electrons. The van der Waals surface area contributed by atoms with E-state index >= 15 is 0 Å². The van der Waals surface area contributed by atoms with Crippen LogP contribution in [0, 0.1) is 6.92 Å². The predicted molar refractivity (Wildman–Crippen MR) is 93.7 cm³/mol. The number of ether oxygens (including phenoxy) is 1. The van der Waals surface area contributed by atoms with Crippen LogP contribution in [0.15, 0.2) is 54.6 Å². The minimum absolute atomic E-state index is 0.0563. The third-order valence-corrected chi connectivity index (χ3v) is 4.09. The normalized spacial score (nSPS) is 12.2. The quantitative estimate of drug-likeness (QED) is 0.759. The second-order valence-electron chi connectivity index (χ2n) is 5.67. The fraction of sp³-hybridized carbons (Fsp3) is 0.263. The van der Waals surface area contributed by atoms with E-state index in [1.165, 1.54) is 0 Å². The van der Waals surface area contributed by atoms with Gasteiger partial charge in [-0.3, -0.25) is 4.79 Å². The minimum atomic E-state index is -0.157. The van der Waals surface area contributed by atoms with Crippen LogP contribution in [0.1, 0.15) is 17.5 Å². The summed E-state index contributed by atoms with van der Waals surface area (Å²) >= 11 is 0. The Hall–Kier alpha value is -2.66. The van der Waals surface area contributed by atoms with Crippen LogP contribution in [0.2, 0.25) is 0 Å². The van der Waals surface area contributed by atoms with Crippen molar-refractivity contribution >= 4 is 16.9 Å². The molecule has 2 aromatic carbocycles. The van der Waals surface area contributed by atoms with E-state index in [4.69, 9.17) is 4.74 Å². The standard InChI is InChI=1S/C19H21N3O2/c1-14-21-16-10-6-7-11-17(16)22(14)13-19(23)20-12-18(24-2)15-8-4-3-5-9-15/h3-11,18H,12-13H2,1-2H3,(H,20,23)/t18-/m0/s1. The molecule has 24 heavy (non-hydrogen) atoms. The maximum absolute atomic E-state index is 12.3. The van der Waals surface area contributed by atoms with Crippen LogP contribution in [0.3, 0.4) is 0 Å². The number of amides is 1. The molecule has 0 spiro atoms. The molecule has 1 atom stereocenters. The van der Waals surface area contributed by atoms with Gasteiger partial charge < -0.3 is 14.6 Å². The average molecular weight is 323 g/mol. The smallest absolute Gasteiger partial charge is 0.240 e. The second-order valence-corrected chi connectivity index (χ2v) is 5.67. The van der Waals surface area contributed by atoms with Crippen LogP contribution in [0.4, 0.5) is 0 Å². The van der Waals surface area contributed by atoms with Crippen molar-refractivity contribution in [2.45, 2.75) is 19.6 Å². The second kappa shape index (κ2) is 7.27. The van der Waals surface area contributed by atoms with Crippen molar-refractivity contribution < 1.29 is 9.53 Å². The van der Waals surface area contributed by atoms with Crippen LogP contribution in [-0.2, 0) is 16.1 Å². The lowest BCUT2D eigenvalue weighted by Gasteiger charge is -2.17. The summed E-state index contributed by atoms with van der Waals surface area (Å²) in [4.78, 5) is 16.8. The van der Waals surface area contributed by atoms with Crippen molar-refractivity contribution in [1.29, 1.82) is 0 Å². The number of aromatic nitrogens is 2. The molecule has 0 saturated heterocycles. The van der Waals surface area contributed by atoms with Crippen molar-refractivity contribution in [3.05, 3.63) is 66.0 Å². The SMILES string of the molecule is CO[C@@H](CNC(=O)Cn1c(C)nc2ccccc21)c1ccccc1. The van der Waals surface area contributed by atoms with Crippen molar-refractivity contribution in [3.8, 4) is 0 Å². The van der Waals surface area contributed by atoms with E-state index in [1.54, 1.807) is 7.11 Å². The summed E-state index contributed by atoms with van der Waals surface area (Å²) in [5, 5.41) is 2.95. The number of carbonyl (C=O) groups is 1. The van der Waals surface area contributed by atoms with Gasteiger partial charge in [-0.2, -0.15) is 0 Å². The van der Waals surface area contributed by atoms with Gasteiger partial charge in [0.2, 0.25) is 5.91 Å². The molecule has 5 nitrogen and oxygen atoms in total. The van der Waals surface area contributed by atoms with Crippen LogP contribution >= 0.6 is 0 Å². The Balaban J connectivity index is 1.66. The Bertz CT molecular complexity index is 827. The molecule has 0 aliphatic heterocycles. The summed E-state index contributed by atoms with van der Waals surface area (Å²) in [6, 6.07) is 17.7. The predicted octanol–water partition coefficient (Wildman–Crippen LogP) is 2.85. The lowest BCUT2D eigenvalue weighted by Crippen LogP contribution is -2.32. The van der Waals surface area contributed by atoms with E-state index in [0.29, 0.717) is 6.54 Å². The number of hydrogen-bond acceptors (Lipinski definition) is 3. The first-order valence-electron chi connectivity index (χ1n) is 7.95. The zero-order chi connectivity index (χ0) is 16.9. The van der Waals surface area contributed by atoms with Crippen molar-refractivity contribution in [1.82, 2.24) is 14.9 Å². The van der Waals surface area contributed by atoms with Crippen molar-refractivity contribution in [3.63, 3.8) is 0 Å². The molecule has 0 aliphatic rings. The number of imidazole rings is 1. The fourth-order valence-electron chi connectivity index (χ4n) is 2.81. The topological polar surface area (TPSA) is 56.1 Å². The molecule has 1 aromatic heterocycles. The number of aryl methyl sites for hydroxylation is 1. The molecule has 1 heterocycles. The molecule has 5 heteroatoms. The first-order valence-corrected chi connectivity index (χ1v) is 7.95. The highest BCUT2D eigenvalue weighted by Gasteiger charge is 2.14. The first-order chi connectivity index (χ1) is 11.7. The molecule has 3 aromatic rings. The lowest BCUT2D eigenvalue weighted by atomic mass is 10.1. The van der Waals surface area contributed by atoms with Gasteiger partial charge in [-0.15, -0.1) is 0 Å². The van der Waals surface area contributed by atoms with Gasteiger partial charge >= 0.3 is 0 Å². The molecule has 0 fully saturated rings. The third kappa shape index (κ3) is 3.46. The molecule has 0 unspecified atom stereocenters. The van der Waals surface area contributed by atoms with Crippen molar-refractivity contribution in [2.24, 2.45) is 0 Å². The number of rotatable bonds is 6.